The van der Waals surface area contributed by atoms with E-state index >= 15 is 0 Å². The Bertz CT molecular complexity index is 965. The number of ether oxygens (including phenoxy) is 1. The van der Waals surface area contributed by atoms with Gasteiger partial charge in [0.05, 0.1) is 23.3 Å². The number of aromatic nitrogens is 3. The first-order chi connectivity index (χ1) is 14.4. The van der Waals surface area contributed by atoms with E-state index in [0.717, 1.165) is 47.4 Å². The van der Waals surface area contributed by atoms with Gasteiger partial charge in [-0.1, -0.05) is 13.8 Å². The molecule has 2 aromatic heterocycles. The van der Waals surface area contributed by atoms with E-state index in [1.54, 1.807) is 22.6 Å². The number of carbonyl (C=O) groups excluding carboxylic acids is 2. The third kappa shape index (κ3) is 3.87. The van der Waals surface area contributed by atoms with Gasteiger partial charge < -0.3 is 14.5 Å². The first kappa shape index (κ1) is 21.0. The Hall–Kier alpha value is -2.29. The highest BCUT2D eigenvalue weighted by Crippen LogP contribution is 2.35. The fourth-order valence-electron chi connectivity index (χ4n) is 4.34. The van der Waals surface area contributed by atoms with Crippen molar-refractivity contribution in [2.24, 2.45) is 7.05 Å². The lowest BCUT2D eigenvalue weighted by Gasteiger charge is -2.39. The number of aryl methyl sites for hydroxylation is 2. The minimum Gasteiger partial charge on any atom is -0.449 e. The highest BCUT2D eigenvalue weighted by molar-refractivity contribution is 8.00. The second-order valence-electron chi connectivity index (χ2n) is 8.26. The van der Waals surface area contributed by atoms with Crippen LogP contribution >= 0.6 is 11.8 Å². The molecule has 0 atom stereocenters. The predicted molar refractivity (Wildman–Crippen MR) is 116 cm³/mol. The molecule has 2 saturated heterocycles. The molecule has 8 nitrogen and oxygen atoms in total. The summed E-state index contributed by atoms with van der Waals surface area (Å²) < 4.78 is 6.95. The molecule has 0 aromatic carbocycles. The molecule has 4 rings (SSSR count). The summed E-state index contributed by atoms with van der Waals surface area (Å²) in [6, 6.07) is 0.146. The lowest BCUT2D eigenvalue weighted by atomic mass is 10.0. The Morgan fingerprint density at radius 3 is 2.67 bits per heavy atom. The first-order valence-electron chi connectivity index (χ1n) is 10.6. The maximum Gasteiger partial charge on any atom is 0.410 e. The quantitative estimate of drug-likeness (QED) is 0.692. The monoisotopic (exact) mass is 431 g/mol. The number of thioether (sulfide) groups is 1. The second kappa shape index (κ2) is 8.45. The van der Waals surface area contributed by atoms with Gasteiger partial charge in [0.25, 0.3) is 5.91 Å². The van der Waals surface area contributed by atoms with Gasteiger partial charge in [-0.2, -0.15) is 5.10 Å². The van der Waals surface area contributed by atoms with Crippen LogP contribution in [0.4, 0.5) is 4.79 Å². The standard InChI is InChI=1S/C21H29N5O3S/c1-13(2)30-18-16(12-22-19-17(18)14(3)23-24(19)4)20(27)25-9-6-15(7-10-25)26-8-5-11-29-21(26)28/h12-13,15H,5-11H2,1-4H3. The molecule has 2 fully saturated rings. The Morgan fingerprint density at radius 2 is 2.00 bits per heavy atom. The van der Waals surface area contributed by atoms with Crippen LogP contribution in [-0.4, -0.2) is 74.1 Å². The molecule has 2 aliphatic rings. The number of pyridine rings is 1. The van der Waals surface area contributed by atoms with Gasteiger partial charge in [-0.15, -0.1) is 11.8 Å². The van der Waals surface area contributed by atoms with Crippen LogP contribution in [0.15, 0.2) is 11.1 Å². The van der Waals surface area contributed by atoms with Crippen LogP contribution in [0.2, 0.25) is 0 Å². The first-order valence-corrected chi connectivity index (χ1v) is 11.5. The van der Waals surface area contributed by atoms with E-state index in [0.29, 0.717) is 30.5 Å². The van der Waals surface area contributed by atoms with E-state index in [4.69, 9.17) is 4.74 Å². The summed E-state index contributed by atoms with van der Waals surface area (Å²) in [6.07, 6.45) is 3.90. The molecular weight excluding hydrogens is 402 g/mol. The minimum atomic E-state index is -0.219. The van der Waals surface area contributed by atoms with E-state index in [1.165, 1.54) is 0 Å². The van der Waals surface area contributed by atoms with Crippen LogP contribution < -0.4 is 0 Å². The van der Waals surface area contributed by atoms with Gasteiger partial charge in [0, 0.05) is 49.1 Å². The second-order valence-corrected chi connectivity index (χ2v) is 9.85. The number of amides is 2. The van der Waals surface area contributed by atoms with Crippen molar-refractivity contribution in [3.05, 3.63) is 17.5 Å². The van der Waals surface area contributed by atoms with Crippen molar-refractivity contribution in [3.63, 3.8) is 0 Å². The summed E-state index contributed by atoms with van der Waals surface area (Å²) in [5, 5.41) is 5.80. The molecule has 0 aliphatic carbocycles. The van der Waals surface area contributed by atoms with Gasteiger partial charge >= 0.3 is 6.09 Å². The average Bonchev–Trinajstić information content (AvgIpc) is 3.02. The molecule has 2 aromatic rings. The molecule has 0 spiro atoms. The maximum absolute atomic E-state index is 13.5. The fourth-order valence-corrected chi connectivity index (χ4v) is 5.44. The molecule has 30 heavy (non-hydrogen) atoms. The molecule has 4 heterocycles. The minimum absolute atomic E-state index is 0.00970. The SMILES string of the molecule is Cc1nn(C)c2ncc(C(=O)N3CCC(N4CCCOC4=O)CC3)c(SC(C)C)c12. The van der Waals surface area contributed by atoms with Gasteiger partial charge in [0.1, 0.15) is 0 Å². The average molecular weight is 432 g/mol. The van der Waals surface area contributed by atoms with Crippen molar-refractivity contribution in [1.82, 2.24) is 24.6 Å². The third-order valence-corrected chi connectivity index (χ3v) is 6.89. The zero-order chi connectivity index (χ0) is 21.4. The van der Waals surface area contributed by atoms with Crippen molar-refractivity contribution < 1.29 is 14.3 Å². The van der Waals surface area contributed by atoms with Crippen LogP contribution in [0, 0.1) is 6.92 Å². The van der Waals surface area contributed by atoms with E-state index in [-0.39, 0.29) is 18.0 Å². The number of rotatable bonds is 4. The summed E-state index contributed by atoms with van der Waals surface area (Å²) in [6.45, 7) is 8.72. The number of nitrogens with zero attached hydrogens (tertiary/aromatic N) is 5. The molecule has 0 N–H and O–H groups in total. The Labute approximate surface area is 180 Å². The van der Waals surface area contributed by atoms with E-state index < -0.39 is 0 Å². The largest absolute Gasteiger partial charge is 0.449 e. The molecule has 162 valence electrons. The summed E-state index contributed by atoms with van der Waals surface area (Å²) in [5.41, 5.74) is 2.34. The Balaban J connectivity index is 1.56. The van der Waals surface area contributed by atoms with Gasteiger partial charge in [0.2, 0.25) is 0 Å². The molecule has 2 amide bonds. The lowest BCUT2D eigenvalue weighted by molar-refractivity contribution is 0.0356. The Kier molecular flexibility index (Phi) is 5.90. The van der Waals surface area contributed by atoms with Gasteiger partial charge in [-0.25, -0.2) is 9.78 Å². The van der Waals surface area contributed by atoms with Crippen molar-refractivity contribution in [2.75, 3.05) is 26.2 Å². The zero-order valence-electron chi connectivity index (χ0n) is 18.1. The van der Waals surface area contributed by atoms with Crippen molar-refractivity contribution in [2.45, 2.75) is 56.2 Å². The van der Waals surface area contributed by atoms with Crippen molar-refractivity contribution in [1.29, 1.82) is 0 Å². The molecular formula is C21H29N5O3S. The third-order valence-electron chi connectivity index (χ3n) is 5.76. The number of hydrogen-bond donors (Lipinski definition) is 0. The van der Waals surface area contributed by atoms with Gasteiger partial charge in [-0.05, 0) is 26.2 Å². The molecule has 0 bridgehead atoms. The van der Waals surface area contributed by atoms with Crippen LogP contribution in [0.25, 0.3) is 11.0 Å². The number of fused-ring (bicyclic) bond motifs is 1. The van der Waals surface area contributed by atoms with Crippen molar-refractivity contribution in [3.8, 4) is 0 Å². The van der Waals surface area contributed by atoms with Gasteiger partial charge in [0.15, 0.2) is 5.65 Å². The predicted octanol–water partition coefficient (Wildman–Crippen LogP) is 3.22. The number of cyclic esters (lactones) is 1. The normalized spacial score (nSPS) is 18.4. The van der Waals surface area contributed by atoms with Crippen LogP contribution in [0.5, 0.6) is 0 Å². The van der Waals surface area contributed by atoms with Crippen LogP contribution in [0.1, 0.15) is 49.2 Å². The van der Waals surface area contributed by atoms with Gasteiger partial charge in [-0.3, -0.25) is 9.48 Å². The highest BCUT2D eigenvalue weighted by atomic mass is 32.2. The summed E-state index contributed by atoms with van der Waals surface area (Å²) in [7, 11) is 1.88. The number of carbonyl (C=O) groups is 2. The molecule has 0 radical (unpaired) electrons. The molecule has 0 saturated carbocycles. The van der Waals surface area contributed by atoms with Crippen LogP contribution in [-0.2, 0) is 11.8 Å². The topological polar surface area (TPSA) is 80.6 Å². The van der Waals surface area contributed by atoms with E-state index in [1.807, 2.05) is 23.8 Å². The smallest absolute Gasteiger partial charge is 0.410 e. The highest BCUT2D eigenvalue weighted by Gasteiger charge is 2.33. The number of piperidine rings is 1. The zero-order valence-corrected chi connectivity index (χ0v) is 18.9. The summed E-state index contributed by atoms with van der Waals surface area (Å²) in [5.74, 6) is 0.00970. The number of hydrogen-bond acceptors (Lipinski definition) is 6. The summed E-state index contributed by atoms with van der Waals surface area (Å²) >= 11 is 1.69. The maximum atomic E-state index is 13.5. The van der Waals surface area contributed by atoms with Crippen LogP contribution in [0.3, 0.4) is 0 Å². The molecule has 2 aliphatic heterocycles. The Morgan fingerprint density at radius 1 is 1.27 bits per heavy atom. The number of likely N-dealkylation sites (tertiary alicyclic amines) is 1. The lowest BCUT2D eigenvalue weighted by Crippen LogP contribution is -2.51. The van der Waals surface area contributed by atoms with E-state index in [2.05, 4.69) is 23.9 Å². The van der Waals surface area contributed by atoms with E-state index in [9.17, 15) is 9.59 Å². The molecule has 9 heteroatoms. The molecule has 0 unspecified atom stereocenters. The summed E-state index contributed by atoms with van der Waals surface area (Å²) in [4.78, 5) is 34.7. The van der Waals surface area contributed by atoms with Crippen molar-refractivity contribution >= 4 is 34.8 Å². The fraction of sp³-hybridized carbons (Fsp3) is 0.619.